The van der Waals surface area contributed by atoms with Crippen molar-refractivity contribution in [3.05, 3.63) is 0 Å². The molecule has 22 nitrogen and oxygen atoms in total. The number of likely N-dealkylation sites (tertiary alicyclic amines) is 2. The maximum absolute atomic E-state index is 12.1. The van der Waals surface area contributed by atoms with Gasteiger partial charge >= 0.3 is 23.9 Å². The van der Waals surface area contributed by atoms with Crippen LogP contribution in [0, 0.1) is 61.1 Å². The first-order chi connectivity index (χ1) is 55.2. The van der Waals surface area contributed by atoms with Crippen LogP contribution in [-0.4, -0.2) is 186 Å². The summed E-state index contributed by atoms with van der Waals surface area (Å²) in [6, 6.07) is 0. The molecule has 2 saturated heterocycles. The molecule has 5 amide bonds. The number of thioether (sulfide) groups is 5. The molecule has 0 aromatic rings. The summed E-state index contributed by atoms with van der Waals surface area (Å²) in [5.41, 5.74) is -1.41. The highest BCUT2D eigenvalue weighted by Gasteiger charge is 2.49. The minimum absolute atomic E-state index is 0.00843. The minimum atomic E-state index is -0.908. The van der Waals surface area contributed by atoms with Gasteiger partial charge in [-0.3, -0.25) is 72.1 Å². The van der Waals surface area contributed by atoms with E-state index in [9.17, 15) is 62.3 Å². The maximum atomic E-state index is 12.1. The predicted molar refractivity (Wildman–Crippen MR) is 540 cm³/mol. The van der Waals surface area contributed by atoms with Gasteiger partial charge in [-0.25, -0.2) is 0 Å². The van der Waals surface area contributed by atoms with Crippen LogP contribution < -0.4 is 5.32 Å². The fraction of sp³-hybridized carbons (Fsp3) is 0.860. The van der Waals surface area contributed by atoms with Gasteiger partial charge in [-0.2, -0.15) is 0 Å². The molecular weight excluding hydrogens is 1710 g/mol. The molecule has 5 N–H and O–H groups in total. The smallest absolute Gasteiger partial charge is 0.317 e. The number of carbonyl (C=O) groups is 13. The van der Waals surface area contributed by atoms with Gasteiger partial charge in [0.2, 0.25) is 29.5 Å². The van der Waals surface area contributed by atoms with Gasteiger partial charge in [-0.1, -0.05) is 275 Å². The first kappa shape index (κ1) is 133. The third-order valence-corrected chi connectivity index (χ3v) is 23.8. The van der Waals surface area contributed by atoms with Crippen LogP contribution in [0.2, 0.25) is 0 Å². The molecule has 0 aromatic heterocycles. The second kappa shape index (κ2) is 52.4. The van der Waals surface area contributed by atoms with E-state index in [0.29, 0.717) is 38.5 Å². The Morgan fingerprint density at radius 1 is 0.394 bits per heavy atom. The molecule has 0 spiro atoms. The fourth-order valence-corrected chi connectivity index (χ4v) is 17.0. The molecule has 27 heteroatoms. The number of aliphatic carboxylic acids is 4. The number of amides is 5. The number of nitrogens with zero attached hydrogens (tertiary/aromatic N) is 3. The molecule has 0 radical (unpaired) electrons. The number of hydrogen-bond donors (Lipinski definition) is 5. The number of hydrogen-bond acceptors (Lipinski definition) is 20. The number of nitrogens with one attached hydrogen (secondary N) is 1. The molecule has 2 heterocycles. The molecule has 0 aromatic carbocycles. The lowest BCUT2D eigenvalue weighted by atomic mass is 9.73. The van der Waals surface area contributed by atoms with Gasteiger partial charge in [-0.05, 0) is 121 Å². The molecule has 2 aliphatic rings. The van der Waals surface area contributed by atoms with E-state index in [1.165, 1.54) is 33.3 Å². The molecule has 2 fully saturated rings. The summed E-state index contributed by atoms with van der Waals surface area (Å²) in [7, 11) is 0. The summed E-state index contributed by atoms with van der Waals surface area (Å²) < 4.78 is 0.275. The number of carboxylic acids is 4. The van der Waals surface area contributed by atoms with Crippen LogP contribution in [0.1, 0.15) is 417 Å². The van der Waals surface area contributed by atoms with Crippen molar-refractivity contribution >= 4 is 141 Å². The van der Waals surface area contributed by atoms with Crippen molar-refractivity contribution in [1.29, 1.82) is 0 Å². The zero-order valence-electron chi connectivity index (χ0n) is 89.8. The Bertz CT molecular complexity index is 3520. The summed E-state index contributed by atoms with van der Waals surface area (Å²) in [6.45, 7) is 102. The third kappa shape index (κ3) is 73.7. The highest BCUT2D eigenvalue weighted by atomic mass is 32.2. The molecule has 0 saturated carbocycles. The Labute approximate surface area is 795 Å². The van der Waals surface area contributed by atoms with Crippen LogP contribution in [0.25, 0.3) is 0 Å². The molecular formula is C100H188N4O18S5. The maximum Gasteiger partial charge on any atom is 0.317 e. The van der Waals surface area contributed by atoms with Crippen molar-refractivity contribution in [1.82, 2.24) is 15.1 Å². The SMILES string of the molecule is CC(C)(C)C1CC(=O)N(C(C)(C)C)C1=O.CC(C)(C)CC(=O)C(CC(=O)O)C(C)(C)C.CC(C)(C)CC(=O)C(CC(=O)O)SC(C)(C)C.CC(C)(C)CC(=O)CC(C(=O)O)C(C)(C)C.CC(C)(C)CC(=O)CC(SC(C)(C)C)C(=O)O.CC(C)(C)NC(=O)C(C)(C)C.CC(C)(C)ON=C(CSC(C)(C)C)CSC(C)(C)C.CC(C)(C)SC1CC(=O)N(C(C)(C)C)C1=O. The second-order valence-electron chi connectivity index (χ2n) is 51.7. The van der Waals surface area contributed by atoms with E-state index in [-0.39, 0.29) is 168 Å². The molecule has 127 heavy (non-hydrogen) atoms. The normalized spacial score (nSPS) is 16.4. The minimum Gasteiger partial charge on any atom is -0.481 e. The number of carboxylic acid groups (broad SMARTS) is 4. The molecule has 2 rings (SSSR count). The number of carbonyl (C=O) groups excluding carboxylic acids is 9. The number of Topliss-reactive ketones (excluding diaryl/α,β-unsaturated/α-hetero) is 4. The summed E-state index contributed by atoms with van der Waals surface area (Å²) in [5, 5.41) is 41.9. The van der Waals surface area contributed by atoms with Crippen LogP contribution in [0.3, 0.4) is 0 Å². The fourth-order valence-electron chi connectivity index (χ4n) is 11.6. The van der Waals surface area contributed by atoms with Gasteiger partial charge in [0.15, 0.2) is 0 Å². The molecule has 2 aliphatic heterocycles. The van der Waals surface area contributed by atoms with Crippen LogP contribution in [0.4, 0.5) is 0 Å². The van der Waals surface area contributed by atoms with Gasteiger partial charge < -0.3 is 30.6 Å². The van der Waals surface area contributed by atoms with Gasteiger partial charge in [-0.15, -0.1) is 58.8 Å². The highest BCUT2D eigenvalue weighted by molar-refractivity contribution is 8.03. The van der Waals surface area contributed by atoms with Gasteiger partial charge in [0.1, 0.15) is 34.0 Å². The van der Waals surface area contributed by atoms with Gasteiger partial charge in [0, 0.05) is 115 Å². The molecule has 0 bridgehead atoms. The number of ketones is 4. The first-order valence-electron chi connectivity index (χ1n) is 44.8. The van der Waals surface area contributed by atoms with Crippen molar-refractivity contribution in [3.8, 4) is 0 Å². The van der Waals surface area contributed by atoms with Crippen molar-refractivity contribution in [3.63, 3.8) is 0 Å². The standard InChI is InChI=1S/C15H31NOS2.2C13H24O3S.2C13H24O3.C12H21NO2S.C12H21NO2.C9H19NO/c1-13(2,3)17-16-12(10-18-14(4,5)6)11-19-15(7,8)9;1-12(2,3)8-9(14)10(7-11(15)16)17-13(4,5)6;1-12(2,3)8-9(14)7-10(11(15)16)17-13(4,5)6;1-12(2,3)8-10(14)9(7-11(15)16)13(4,5)6;1-12(2,3)8-9(14)7-10(11(15)16)13(4,5)6;1-11(2,3)13-9(14)7-8(10(13)15)16-12(4,5)6;1-11(2,3)8-7-9(14)13(10(8)15)12(4,5)6;1-8(2,3)7(11)10-9(4,5)6/h10-11H2,1-9H3;2*10H,7-8H2,1-6H3,(H,15,16);9H,7-8H2,1-6H3,(H,15,16);10H,7-8H2,1-6H3,(H,15,16);8H,7H2,1-6H3;8H,7H2,1-6H3;1-6H3,(H,10,11). The lowest BCUT2D eigenvalue weighted by molar-refractivity contribution is -0.148. The van der Waals surface area contributed by atoms with E-state index in [4.69, 9.17) is 25.3 Å². The summed E-state index contributed by atoms with van der Waals surface area (Å²) in [5.74, 6) is -2.73. The van der Waals surface area contributed by atoms with E-state index in [1.54, 1.807) is 11.8 Å². The van der Waals surface area contributed by atoms with Crippen LogP contribution in [-0.2, 0) is 67.2 Å². The van der Waals surface area contributed by atoms with Crippen LogP contribution >= 0.6 is 58.8 Å². The number of imide groups is 2. The summed E-state index contributed by atoms with van der Waals surface area (Å²) in [6.07, 6.45) is 2.53. The van der Waals surface area contributed by atoms with E-state index in [1.807, 2.05) is 314 Å². The first-order valence-corrected chi connectivity index (χ1v) is 49.4. The number of oxime groups is 1. The Morgan fingerprint density at radius 2 is 0.732 bits per heavy atom. The van der Waals surface area contributed by atoms with E-state index < -0.39 is 57.3 Å². The van der Waals surface area contributed by atoms with Crippen molar-refractivity contribution in [2.24, 2.45) is 66.2 Å². The molecule has 6 atom stereocenters. The van der Waals surface area contributed by atoms with Crippen LogP contribution in [0.15, 0.2) is 5.16 Å². The average Bonchev–Trinajstić information content (AvgIpc) is 1.64. The second-order valence-corrected chi connectivity index (χ2v) is 61.3. The van der Waals surface area contributed by atoms with Crippen molar-refractivity contribution in [2.75, 3.05) is 11.5 Å². The summed E-state index contributed by atoms with van der Waals surface area (Å²) in [4.78, 5) is 159. The quantitative estimate of drug-likeness (QED) is 0.0340. The van der Waals surface area contributed by atoms with E-state index in [0.717, 1.165) is 17.2 Å². The average molecular weight is 1890 g/mol. The topological polar surface area (TPSA) is 343 Å². The van der Waals surface area contributed by atoms with E-state index in [2.05, 4.69) is 72.8 Å². The Balaban J connectivity index is -0.000000330. The molecule has 6 unspecified atom stereocenters. The summed E-state index contributed by atoms with van der Waals surface area (Å²) >= 11 is 8.21. The zero-order chi connectivity index (χ0) is 103. The largest absolute Gasteiger partial charge is 0.481 e. The lowest BCUT2D eigenvalue weighted by Gasteiger charge is -2.32. The Morgan fingerprint density at radius 3 is 0.976 bits per heavy atom. The predicted octanol–water partition coefficient (Wildman–Crippen LogP) is 24.8. The third-order valence-electron chi connectivity index (χ3n) is 16.9. The van der Waals surface area contributed by atoms with Crippen molar-refractivity contribution < 1.29 is 87.6 Å². The van der Waals surface area contributed by atoms with Gasteiger partial charge in [0.25, 0.3) is 0 Å². The van der Waals surface area contributed by atoms with Crippen molar-refractivity contribution in [2.45, 2.75) is 479 Å². The van der Waals surface area contributed by atoms with Crippen LogP contribution in [0.5, 0.6) is 0 Å². The Kier molecular flexibility index (Phi) is 55.0. The zero-order valence-corrected chi connectivity index (χ0v) is 93.9. The monoisotopic (exact) mass is 1890 g/mol. The van der Waals surface area contributed by atoms with Gasteiger partial charge in [0.05, 0.1) is 40.9 Å². The molecule has 746 valence electrons. The number of rotatable bonds is 24. The van der Waals surface area contributed by atoms with E-state index >= 15 is 0 Å². The Hall–Kier alpha value is -4.47. The highest BCUT2D eigenvalue weighted by Crippen LogP contribution is 2.42. The molecule has 0 aliphatic carbocycles. The lowest BCUT2D eigenvalue weighted by Crippen LogP contribution is -2.46.